The molecule has 0 aliphatic carbocycles. The van der Waals surface area contributed by atoms with E-state index >= 15 is 0 Å². The molecule has 2 aromatic rings. The van der Waals surface area contributed by atoms with Gasteiger partial charge in [-0.05, 0) is 54.5 Å². The summed E-state index contributed by atoms with van der Waals surface area (Å²) in [6, 6.07) is 13.3. The third-order valence-corrected chi connectivity index (χ3v) is 4.46. The first kappa shape index (κ1) is 17.3. The molecular weight excluding hydrogens is 340 g/mol. The van der Waals surface area contributed by atoms with E-state index in [-0.39, 0.29) is 5.75 Å². The van der Waals surface area contributed by atoms with Crippen molar-refractivity contribution in [3.05, 3.63) is 65.2 Å². The second-order valence-corrected chi connectivity index (χ2v) is 6.23. The molecular formula is C19H18ClN2O3-. The molecule has 1 unspecified atom stereocenters. The summed E-state index contributed by atoms with van der Waals surface area (Å²) < 4.78 is 0. The number of benzene rings is 2. The zero-order valence-electron chi connectivity index (χ0n) is 13.7. The molecule has 1 heterocycles. The number of hydrogen-bond acceptors (Lipinski definition) is 5. The molecule has 1 N–H and O–H groups in total. The molecule has 3 rings (SSSR count). The van der Waals surface area contributed by atoms with Crippen LogP contribution in [-0.2, 0) is 4.79 Å². The number of carboxylic acid groups (broad SMARTS) is 1. The van der Waals surface area contributed by atoms with Gasteiger partial charge in [-0.2, -0.15) is 0 Å². The van der Waals surface area contributed by atoms with Gasteiger partial charge in [0, 0.05) is 11.6 Å². The summed E-state index contributed by atoms with van der Waals surface area (Å²) in [7, 11) is 0. The van der Waals surface area contributed by atoms with Gasteiger partial charge in [-0.25, -0.2) is 5.01 Å². The van der Waals surface area contributed by atoms with Gasteiger partial charge in [0.25, 0.3) is 0 Å². The van der Waals surface area contributed by atoms with Crippen molar-refractivity contribution in [1.29, 1.82) is 0 Å². The van der Waals surface area contributed by atoms with E-state index in [1.54, 1.807) is 41.4 Å². The number of carbonyl (C=O) groups excluding carboxylic acids is 1. The lowest BCUT2D eigenvalue weighted by molar-refractivity contribution is -0.311. The lowest BCUT2D eigenvalue weighted by Gasteiger charge is -2.38. The van der Waals surface area contributed by atoms with E-state index in [0.717, 1.165) is 16.9 Å². The van der Waals surface area contributed by atoms with Crippen LogP contribution in [0.5, 0.6) is 5.75 Å². The number of phenolic OH excluding ortho intramolecular Hbond substituents is 1. The minimum Gasteiger partial charge on any atom is -0.548 e. The summed E-state index contributed by atoms with van der Waals surface area (Å²) in [6.45, 7) is 2.26. The standard InChI is InChI=1S/C19H19ClN2O3/c1-2-17(19(24)25)21-12-11-18(13-3-5-14(20)6-4-13)22(21)15-7-9-16(23)10-8-15/h3-11,17,23H,2,12H2,1H3,(H,24,25)/p-1. The molecule has 1 atom stereocenters. The Morgan fingerprint density at radius 3 is 2.40 bits per heavy atom. The Morgan fingerprint density at radius 2 is 1.84 bits per heavy atom. The smallest absolute Gasteiger partial charge is 0.115 e. The molecule has 0 spiro atoms. The van der Waals surface area contributed by atoms with Crippen molar-refractivity contribution in [2.75, 3.05) is 11.6 Å². The maximum atomic E-state index is 11.6. The van der Waals surface area contributed by atoms with E-state index < -0.39 is 12.0 Å². The SMILES string of the molecule is CCC(C(=O)[O-])N1CC=C(c2ccc(Cl)cc2)N1c1ccc(O)cc1. The molecule has 25 heavy (non-hydrogen) atoms. The van der Waals surface area contributed by atoms with Crippen molar-refractivity contribution in [3.63, 3.8) is 0 Å². The third-order valence-electron chi connectivity index (χ3n) is 4.21. The number of rotatable bonds is 5. The van der Waals surface area contributed by atoms with Crippen LogP contribution in [0.4, 0.5) is 5.69 Å². The summed E-state index contributed by atoms with van der Waals surface area (Å²) in [5.41, 5.74) is 2.55. The van der Waals surface area contributed by atoms with Crippen molar-refractivity contribution >= 4 is 29.0 Å². The quantitative estimate of drug-likeness (QED) is 0.891. The zero-order valence-corrected chi connectivity index (χ0v) is 14.5. The highest BCUT2D eigenvalue weighted by atomic mass is 35.5. The number of hydrazine groups is 1. The second kappa shape index (κ2) is 7.17. The molecule has 1 aliphatic rings. The Balaban J connectivity index is 2.03. The summed E-state index contributed by atoms with van der Waals surface area (Å²) in [4.78, 5) is 11.6. The molecule has 0 fully saturated rings. The van der Waals surface area contributed by atoms with Gasteiger partial charge in [-0.15, -0.1) is 0 Å². The average molecular weight is 358 g/mol. The minimum absolute atomic E-state index is 0.151. The number of nitrogens with zero attached hydrogens (tertiary/aromatic N) is 2. The number of carbonyl (C=O) groups is 1. The van der Waals surface area contributed by atoms with Crippen LogP contribution in [0.25, 0.3) is 5.70 Å². The van der Waals surface area contributed by atoms with Crippen molar-refractivity contribution < 1.29 is 15.0 Å². The Bertz CT molecular complexity index is 787. The van der Waals surface area contributed by atoms with Gasteiger partial charge in [-0.3, -0.25) is 5.01 Å². The second-order valence-electron chi connectivity index (χ2n) is 5.79. The summed E-state index contributed by atoms with van der Waals surface area (Å²) >= 11 is 5.98. The molecule has 0 bridgehead atoms. The highest BCUT2D eigenvalue weighted by molar-refractivity contribution is 6.30. The minimum atomic E-state index is -1.11. The predicted molar refractivity (Wildman–Crippen MR) is 95.8 cm³/mol. The van der Waals surface area contributed by atoms with Crippen molar-refractivity contribution in [2.45, 2.75) is 19.4 Å². The highest BCUT2D eigenvalue weighted by Crippen LogP contribution is 2.35. The Labute approximate surface area is 151 Å². The van der Waals surface area contributed by atoms with Crippen LogP contribution < -0.4 is 10.1 Å². The number of phenols is 1. The Morgan fingerprint density at radius 1 is 1.20 bits per heavy atom. The molecule has 0 saturated heterocycles. The van der Waals surface area contributed by atoms with Gasteiger partial charge in [0.05, 0.1) is 23.4 Å². The fourth-order valence-electron chi connectivity index (χ4n) is 2.99. The van der Waals surface area contributed by atoms with Crippen molar-refractivity contribution in [3.8, 4) is 5.75 Å². The van der Waals surface area contributed by atoms with E-state index in [1.807, 2.05) is 30.1 Å². The first-order valence-corrected chi connectivity index (χ1v) is 8.41. The molecule has 0 amide bonds. The lowest BCUT2D eigenvalue weighted by atomic mass is 10.1. The van der Waals surface area contributed by atoms with Crippen LogP contribution in [0, 0.1) is 0 Å². The van der Waals surface area contributed by atoms with Crippen molar-refractivity contribution in [1.82, 2.24) is 5.01 Å². The van der Waals surface area contributed by atoms with E-state index in [0.29, 0.717) is 18.0 Å². The summed E-state index contributed by atoms with van der Waals surface area (Å²) in [6.07, 6.45) is 2.39. The molecule has 0 aromatic heterocycles. The first-order valence-electron chi connectivity index (χ1n) is 8.04. The van der Waals surface area contributed by atoms with Crippen LogP contribution in [0.1, 0.15) is 18.9 Å². The molecule has 0 radical (unpaired) electrons. The molecule has 130 valence electrons. The van der Waals surface area contributed by atoms with Crippen LogP contribution in [-0.4, -0.2) is 28.7 Å². The van der Waals surface area contributed by atoms with Gasteiger partial charge in [0.15, 0.2) is 0 Å². The fourth-order valence-corrected chi connectivity index (χ4v) is 3.12. The number of aliphatic carboxylic acids is 1. The molecule has 1 aliphatic heterocycles. The average Bonchev–Trinajstić information content (AvgIpc) is 3.01. The van der Waals surface area contributed by atoms with Gasteiger partial charge >= 0.3 is 0 Å². The van der Waals surface area contributed by atoms with Crippen LogP contribution in [0.2, 0.25) is 5.02 Å². The van der Waals surface area contributed by atoms with E-state index in [2.05, 4.69) is 0 Å². The van der Waals surface area contributed by atoms with Gasteiger partial charge in [0.2, 0.25) is 0 Å². The Kier molecular flexibility index (Phi) is 4.97. The topological polar surface area (TPSA) is 66.8 Å². The number of halogens is 1. The summed E-state index contributed by atoms with van der Waals surface area (Å²) in [5.74, 6) is -0.963. The van der Waals surface area contributed by atoms with Crippen LogP contribution in [0.15, 0.2) is 54.6 Å². The normalized spacial score (nSPS) is 15.9. The maximum absolute atomic E-state index is 11.6. The zero-order chi connectivity index (χ0) is 18.0. The third kappa shape index (κ3) is 3.48. The van der Waals surface area contributed by atoms with Gasteiger partial charge < -0.3 is 15.0 Å². The number of aromatic hydroxyl groups is 1. The molecule has 5 nitrogen and oxygen atoms in total. The maximum Gasteiger partial charge on any atom is 0.115 e. The first-order chi connectivity index (χ1) is 12.0. The number of hydrogen-bond donors (Lipinski definition) is 1. The largest absolute Gasteiger partial charge is 0.548 e. The van der Waals surface area contributed by atoms with Gasteiger partial charge in [0.1, 0.15) is 5.75 Å². The number of anilines is 1. The van der Waals surface area contributed by atoms with Crippen LogP contribution in [0.3, 0.4) is 0 Å². The fraction of sp³-hybridized carbons (Fsp3) is 0.211. The predicted octanol–water partition coefficient (Wildman–Crippen LogP) is 2.65. The monoisotopic (exact) mass is 357 g/mol. The summed E-state index contributed by atoms with van der Waals surface area (Å²) in [5, 5.41) is 25.4. The highest BCUT2D eigenvalue weighted by Gasteiger charge is 2.31. The van der Waals surface area contributed by atoms with Crippen LogP contribution >= 0.6 is 11.6 Å². The lowest BCUT2D eigenvalue weighted by Crippen LogP contribution is -2.52. The molecule has 0 saturated carbocycles. The molecule has 6 heteroatoms. The van der Waals surface area contributed by atoms with E-state index in [1.165, 1.54) is 0 Å². The van der Waals surface area contributed by atoms with E-state index in [4.69, 9.17) is 11.6 Å². The number of carboxylic acids is 1. The molecule has 2 aromatic carbocycles. The Hall–Kier alpha value is -2.50. The van der Waals surface area contributed by atoms with E-state index in [9.17, 15) is 15.0 Å². The van der Waals surface area contributed by atoms with Crippen molar-refractivity contribution in [2.24, 2.45) is 0 Å². The van der Waals surface area contributed by atoms with Gasteiger partial charge in [-0.1, -0.05) is 30.7 Å².